The zero-order valence-corrected chi connectivity index (χ0v) is 12.7. The maximum Gasteiger partial charge on any atom is 0.353 e. The van der Waals surface area contributed by atoms with Crippen LogP contribution in [0.3, 0.4) is 0 Å². The SMILES string of the molecule is Nc1[nH]c2ccccc2[n+]1Cc1ccc(-c2ccccc2)cc1. The molecule has 1 aromatic heterocycles. The fourth-order valence-corrected chi connectivity index (χ4v) is 2.94. The Morgan fingerprint density at radius 2 is 1.39 bits per heavy atom. The molecule has 0 aliphatic carbocycles. The molecule has 3 aromatic carbocycles. The van der Waals surface area contributed by atoms with Crippen LogP contribution in [0, 0.1) is 0 Å². The van der Waals surface area contributed by atoms with Crippen LogP contribution in [0.2, 0.25) is 0 Å². The number of benzene rings is 3. The fourth-order valence-electron chi connectivity index (χ4n) is 2.94. The molecule has 0 amide bonds. The third-order valence-electron chi connectivity index (χ3n) is 4.15. The Morgan fingerprint density at radius 3 is 2.17 bits per heavy atom. The molecule has 0 spiro atoms. The number of nitrogens with one attached hydrogen (secondary N) is 1. The fraction of sp³-hybridized carbons (Fsp3) is 0.0500. The van der Waals surface area contributed by atoms with Gasteiger partial charge in [-0.1, -0.05) is 66.7 Å². The molecule has 0 aliphatic rings. The normalized spacial score (nSPS) is 11.0. The number of aromatic amines is 1. The van der Waals surface area contributed by atoms with Gasteiger partial charge in [-0.3, -0.25) is 5.73 Å². The van der Waals surface area contributed by atoms with Gasteiger partial charge >= 0.3 is 5.95 Å². The minimum absolute atomic E-state index is 0.679. The molecule has 0 unspecified atom stereocenters. The summed E-state index contributed by atoms with van der Waals surface area (Å²) in [6.45, 7) is 0.755. The lowest BCUT2D eigenvalue weighted by atomic mass is 10.0. The molecule has 112 valence electrons. The number of para-hydroxylation sites is 2. The van der Waals surface area contributed by atoms with Crippen LogP contribution in [0.15, 0.2) is 78.9 Å². The maximum atomic E-state index is 6.13. The number of nitrogens with zero attached hydrogens (tertiary/aromatic N) is 1. The monoisotopic (exact) mass is 300 g/mol. The van der Waals surface area contributed by atoms with E-state index in [0.29, 0.717) is 5.95 Å². The van der Waals surface area contributed by atoms with E-state index < -0.39 is 0 Å². The zero-order chi connectivity index (χ0) is 15.6. The summed E-state index contributed by atoms with van der Waals surface area (Å²) in [6, 6.07) is 27.2. The van der Waals surface area contributed by atoms with Crippen molar-refractivity contribution in [2.24, 2.45) is 0 Å². The van der Waals surface area contributed by atoms with Crippen molar-refractivity contribution < 1.29 is 4.57 Å². The van der Waals surface area contributed by atoms with Crippen molar-refractivity contribution in [1.29, 1.82) is 0 Å². The highest BCUT2D eigenvalue weighted by molar-refractivity contribution is 5.72. The molecule has 1 heterocycles. The summed E-state index contributed by atoms with van der Waals surface area (Å²) >= 11 is 0. The Hall–Kier alpha value is -3.07. The number of imidazole rings is 1. The van der Waals surface area contributed by atoms with E-state index in [9.17, 15) is 0 Å². The van der Waals surface area contributed by atoms with Gasteiger partial charge in [-0.25, -0.2) is 9.55 Å². The van der Waals surface area contributed by atoms with Gasteiger partial charge in [0.2, 0.25) is 0 Å². The number of nitrogens with two attached hydrogens (primary N) is 1. The van der Waals surface area contributed by atoms with Crippen LogP contribution in [-0.4, -0.2) is 4.98 Å². The van der Waals surface area contributed by atoms with Gasteiger partial charge in [0.25, 0.3) is 0 Å². The molecule has 0 saturated heterocycles. The minimum Gasteiger partial charge on any atom is -0.290 e. The van der Waals surface area contributed by atoms with Gasteiger partial charge in [-0.05, 0) is 28.8 Å². The van der Waals surface area contributed by atoms with Crippen molar-refractivity contribution in [3.8, 4) is 11.1 Å². The second-order valence-electron chi connectivity index (χ2n) is 5.68. The topological polar surface area (TPSA) is 45.7 Å². The summed E-state index contributed by atoms with van der Waals surface area (Å²) in [5.74, 6) is 0.679. The Bertz CT molecular complexity index is 938. The van der Waals surface area contributed by atoms with E-state index in [4.69, 9.17) is 5.73 Å². The molecule has 23 heavy (non-hydrogen) atoms. The van der Waals surface area contributed by atoms with Crippen molar-refractivity contribution >= 4 is 17.0 Å². The first-order valence-electron chi connectivity index (χ1n) is 7.72. The van der Waals surface area contributed by atoms with E-state index in [1.165, 1.54) is 16.7 Å². The van der Waals surface area contributed by atoms with E-state index in [1.54, 1.807) is 0 Å². The molecule has 3 nitrogen and oxygen atoms in total. The third kappa shape index (κ3) is 2.57. The quantitative estimate of drug-likeness (QED) is 0.556. The molecule has 4 rings (SSSR count). The Labute approximate surface area is 135 Å². The minimum atomic E-state index is 0.679. The summed E-state index contributed by atoms with van der Waals surface area (Å²) in [7, 11) is 0. The highest BCUT2D eigenvalue weighted by atomic mass is 15.1. The average molecular weight is 300 g/mol. The smallest absolute Gasteiger partial charge is 0.290 e. The summed E-state index contributed by atoms with van der Waals surface area (Å²) in [4.78, 5) is 3.23. The lowest BCUT2D eigenvalue weighted by molar-refractivity contribution is -0.647. The van der Waals surface area contributed by atoms with Crippen LogP contribution in [0.25, 0.3) is 22.2 Å². The van der Waals surface area contributed by atoms with E-state index in [1.807, 2.05) is 24.3 Å². The standard InChI is InChI=1S/C20H17N3/c21-20-22-18-8-4-5-9-19(18)23(20)14-15-10-12-17(13-11-15)16-6-2-1-3-7-16/h1-13H,14H2,(H2,21,22)/p+1. The molecule has 4 aromatic rings. The molecule has 0 atom stereocenters. The number of nitrogen functional groups attached to an aromatic ring is 1. The van der Waals surface area contributed by atoms with Crippen LogP contribution < -0.4 is 10.3 Å². The molecule has 3 N–H and O–H groups in total. The maximum absolute atomic E-state index is 6.13. The molecule has 0 radical (unpaired) electrons. The summed E-state index contributed by atoms with van der Waals surface area (Å²) in [6.07, 6.45) is 0. The van der Waals surface area contributed by atoms with Gasteiger partial charge in [0.15, 0.2) is 0 Å². The van der Waals surface area contributed by atoms with Gasteiger partial charge in [0.05, 0.1) is 6.54 Å². The zero-order valence-electron chi connectivity index (χ0n) is 12.7. The van der Waals surface area contributed by atoms with Crippen LogP contribution >= 0.6 is 0 Å². The first kappa shape index (κ1) is 13.6. The van der Waals surface area contributed by atoms with E-state index in [0.717, 1.165) is 17.6 Å². The third-order valence-corrected chi connectivity index (χ3v) is 4.15. The molecule has 3 heteroatoms. The number of fused-ring (bicyclic) bond motifs is 1. The number of hydrogen-bond donors (Lipinski definition) is 2. The first-order chi connectivity index (χ1) is 11.3. The summed E-state index contributed by atoms with van der Waals surface area (Å²) in [5.41, 5.74) is 12.0. The molecule has 0 aliphatic heterocycles. The number of rotatable bonds is 3. The van der Waals surface area contributed by atoms with Gasteiger partial charge < -0.3 is 0 Å². The van der Waals surface area contributed by atoms with Crippen LogP contribution in [-0.2, 0) is 6.54 Å². The van der Waals surface area contributed by atoms with E-state index >= 15 is 0 Å². The van der Waals surface area contributed by atoms with Crippen molar-refractivity contribution in [2.75, 3.05) is 5.73 Å². The average Bonchev–Trinajstić information content (AvgIpc) is 2.92. The highest BCUT2D eigenvalue weighted by Crippen LogP contribution is 2.19. The van der Waals surface area contributed by atoms with Crippen molar-refractivity contribution in [3.63, 3.8) is 0 Å². The largest absolute Gasteiger partial charge is 0.353 e. The van der Waals surface area contributed by atoms with Gasteiger partial charge in [0, 0.05) is 0 Å². The summed E-state index contributed by atoms with van der Waals surface area (Å²) in [5, 5.41) is 0. The van der Waals surface area contributed by atoms with Crippen LogP contribution in [0.1, 0.15) is 5.56 Å². The Kier molecular flexibility index (Phi) is 3.31. The Balaban J connectivity index is 1.65. The van der Waals surface area contributed by atoms with Crippen LogP contribution in [0.4, 0.5) is 5.95 Å². The predicted octanol–water partition coefficient (Wildman–Crippen LogP) is 3.75. The van der Waals surface area contributed by atoms with Crippen molar-refractivity contribution in [3.05, 3.63) is 84.4 Å². The summed E-state index contributed by atoms with van der Waals surface area (Å²) < 4.78 is 2.10. The molecule has 0 bridgehead atoms. The van der Waals surface area contributed by atoms with Crippen molar-refractivity contribution in [2.45, 2.75) is 6.54 Å². The number of hydrogen-bond acceptors (Lipinski definition) is 1. The Morgan fingerprint density at radius 1 is 0.739 bits per heavy atom. The predicted molar refractivity (Wildman–Crippen MR) is 93.9 cm³/mol. The second kappa shape index (κ2) is 5.61. The first-order valence-corrected chi connectivity index (χ1v) is 7.72. The van der Waals surface area contributed by atoms with Crippen LogP contribution in [0.5, 0.6) is 0 Å². The van der Waals surface area contributed by atoms with Gasteiger partial charge in [0.1, 0.15) is 11.0 Å². The van der Waals surface area contributed by atoms with E-state index in [2.05, 4.69) is 64.1 Å². The number of anilines is 1. The second-order valence-corrected chi connectivity index (χ2v) is 5.68. The van der Waals surface area contributed by atoms with Gasteiger partial charge in [-0.15, -0.1) is 0 Å². The number of H-pyrrole nitrogens is 1. The molecule has 0 saturated carbocycles. The molecular formula is C20H18N3+. The molecule has 0 fully saturated rings. The lowest BCUT2D eigenvalue weighted by Crippen LogP contribution is -2.36. The van der Waals surface area contributed by atoms with E-state index in [-0.39, 0.29) is 0 Å². The van der Waals surface area contributed by atoms with Gasteiger partial charge in [-0.2, -0.15) is 0 Å². The van der Waals surface area contributed by atoms with Crippen molar-refractivity contribution in [1.82, 2.24) is 4.98 Å². The number of aromatic nitrogens is 2. The lowest BCUT2D eigenvalue weighted by Gasteiger charge is -2.05. The molecular weight excluding hydrogens is 282 g/mol. The highest BCUT2D eigenvalue weighted by Gasteiger charge is 2.13.